The van der Waals surface area contributed by atoms with Crippen LogP contribution in [0.2, 0.25) is 0 Å². The Bertz CT molecular complexity index is 875. The van der Waals surface area contributed by atoms with Gasteiger partial charge in [-0.3, -0.25) is 4.79 Å². The maximum Gasteiger partial charge on any atom is 0.416 e. The van der Waals surface area contributed by atoms with Crippen LogP contribution >= 0.6 is 0 Å². The molecule has 2 amide bonds. The van der Waals surface area contributed by atoms with Gasteiger partial charge in [0.1, 0.15) is 18.2 Å². The fourth-order valence-electron chi connectivity index (χ4n) is 3.81. The van der Waals surface area contributed by atoms with E-state index in [1.54, 1.807) is 0 Å². The molecule has 5 nitrogen and oxygen atoms in total. The summed E-state index contributed by atoms with van der Waals surface area (Å²) in [7, 11) is 0. The van der Waals surface area contributed by atoms with Crippen LogP contribution in [0.1, 0.15) is 11.5 Å². The molecule has 7 heteroatoms. The fraction of sp³-hybridized carbons (Fsp3) is 0.300. The molecule has 140 valence electrons. The van der Waals surface area contributed by atoms with Gasteiger partial charge in [0, 0.05) is 30.8 Å². The molecule has 2 heterocycles. The summed E-state index contributed by atoms with van der Waals surface area (Å²) in [5, 5.41) is 0. The molecular weight excluding hydrogens is 354 g/mol. The number of ether oxygens (including phenoxy) is 1. The molecule has 2 aliphatic rings. The third-order valence-electron chi connectivity index (χ3n) is 5.15. The maximum atomic E-state index is 14.4. The highest BCUT2D eigenvalue weighted by molar-refractivity contribution is 5.95. The topological polar surface area (TPSA) is 49.9 Å². The average Bonchev–Trinajstić information content (AvgIpc) is 3.28. The van der Waals surface area contributed by atoms with E-state index in [-0.39, 0.29) is 24.6 Å². The molecule has 0 saturated carbocycles. The monoisotopic (exact) mass is 372 g/mol. The van der Waals surface area contributed by atoms with E-state index in [4.69, 9.17) is 4.74 Å². The summed E-state index contributed by atoms with van der Waals surface area (Å²) < 4.78 is 32.7. The van der Waals surface area contributed by atoms with Crippen molar-refractivity contribution >= 4 is 17.7 Å². The number of halogens is 2. The number of cyclic esters (lactones) is 1. The lowest BCUT2D eigenvalue weighted by Gasteiger charge is -2.21. The molecule has 0 bridgehead atoms. The number of amides is 2. The predicted molar refractivity (Wildman–Crippen MR) is 94.3 cm³/mol. The third kappa shape index (κ3) is 3.25. The first-order valence-electron chi connectivity index (χ1n) is 8.77. The maximum absolute atomic E-state index is 14.4. The molecule has 0 aromatic heterocycles. The van der Waals surface area contributed by atoms with Crippen molar-refractivity contribution < 1.29 is 23.1 Å². The van der Waals surface area contributed by atoms with Crippen LogP contribution in [0.4, 0.5) is 19.3 Å². The van der Waals surface area contributed by atoms with Crippen molar-refractivity contribution in [2.75, 3.05) is 31.1 Å². The van der Waals surface area contributed by atoms with Gasteiger partial charge in [-0.25, -0.2) is 18.5 Å². The van der Waals surface area contributed by atoms with E-state index in [0.29, 0.717) is 13.1 Å². The van der Waals surface area contributed by atoms with Gasteiger partial charge in [-0.15, -0.1) is 0 Å². The zero-order valence-corrected chi connectivity index (χ0v) is 14.5. The van der Waals surface area contributed by atoms with Crippen molar-refractivity contribution in [3.63, 3.8) is 0 Å². The summed E-state index contributed by atoms with van der Waals surface area (Å²) in [6, 6.07) is 12.9. The molecule has 27 heavy (non-hydrogen) atoms. The molecular formula is C20H18F2N2O3. The molecule has 0 radical (unpaired) electrons. The minimum atomic E-state index is -0.684. The Labute approximate surface area is 155 Å². The van der Waals surface area contributed by atoms with E-state index >= 15 is 0 Å². The Morgan fingerprint density at radius 1 is 1.07 bits per heavy atom. The van der Waals surface area contributed by atoms with Crippen LogP contribution in [-0.4, -0.2) is 43.1 Å². The van der Waals surface area contributed by atoms with E-state index in [1.807, 2.05) is 35.2 Å². The van der Waals surface area contributed by atoms with Gasteiger partial charge < -0.3 is 9.64 Å². The van der Waals surface area contributed by atoms with Crippen LogP contribution < -0.4 is 4.90 Å². The number of anilines is 1. The van der Waals surface area contributed by atoms with Crippen LogP contribution in [-0.2, 0) is 9.53 Å². The number of benzene rings is 2. The second-order valence-corrected chi connectivity index (χ2v) is 6.72. The zero-order valence-electron chi connectivity index (χ0n) is 14.5. The zero-order chi connectivity index (χ0) is 19.0. The molecule has 2 aromatic carbocycles. The van der Waals surface area contributed by atoms with E-state index in [9.17, 15) is 18.4 Å². The first-order valence-corrected chi connectivity index (χ1v) is 8.77. The summed E-state index contributed by atoms with van der Waals surface area (Å²) in [4.78, 5) is 27.9. The number of hydrogen-bond acceptors (Lipinski definition) is 4. The van der Waals surface area contributed by atoms with Gasteiger partial charge >= 0.3 is 6.09 Å². The van der Waals surface area contributed by atoms with Crippen LogP contribution in [0.25, 0.3) is 0 Å². The standard InChI is InChI=1S/C20H18F2N2O3/c21-13-6-7-15(18(22)10-13)16-11-23(14-4-2-1-3-5-14)12-17(16)19(25)24-8-9-27-20(24)26/h1-7,10,16-17H,8-9,11-12H2/t16-,17+/m1/s1. The molecule has 2 aliphatic heterocycles. The highest BCUT2D eigenvalue weighted by atomic mass is 19.1. The molecule has 2 fully saturated rings. The molecule has 2 saturated heterocycles. The number of carbonyl (C=O) groups is 2. The van der Waals surface area contributed by atoms with Crippen molar-refractivity contribution in [2.45, 2.75) is 5.92 Å². The summed E-state index contributed by atoms with van der Waals surface area (Å²) in [5.41, 5.74) is 1.19. The Hall–Kier alpha value is -2.96. The molecule has 0 spiro atoms. The minimum Gasteiger partial charge on any atom is -0.447 e. The lowest BCUT2D eigenvalue weighted by atomic mass is 9.87. The van der Waals surface area contributed by atoms with Gasteiger partial charge in [0.15, 0.2) is 0 Å². The lowest BCUT2D eigenvalue weighted by Crippen LogP contribution is -2.39. The van der Waals surface area contributed by atoms with Crippen LogP contribution in [0.5, 0.6) is 0 Å². The van der Waals surface area contributed by atoms with E-state index in [2.05, 4.69) is 0 Å². The van der Waals surface area contributed by atoms with Crippen molar-refractivity contribution in [3.8, 4) is 0 Å². The van der Waals surface area contributed by atoms with E-state index in [1.165, 1.54) is 12.1 Å². The Kier molecular flexibility index (Phi) is 4.51. The highest BCUT2D eigenvalue weighted by Gasteiger charge is 2.44. The summed E-state index contributed by atoms with van der Waals surface area (Å²) in [6.07, 6.45) is -0.670. The Balaban J connectivity index is 1.68. The number of imide groups is 1. The van der Waals surface area contributed by atoms with Crippen molar-refractivity contribution in [1.82, 2.24) is 4.90 Å². The number of rotatable bonds is 3. The molecule has 0 unspecified atom stereocenters. The lowest BCUT2D eigenvalue weighted by molar-refractivity contribution is -0.131. The Morgan fingerprint density at radius 3 is 2.52 bits per heavy atom. The molecule has 4 rings (SSSR count). The van der Waals surface area contributed by atoms with Crippen LogP contribution in [0.15, 0.2) is 48.5 Å². The number of nitrogens with zero attached hydrogens (tertiary/aromatic N) is 2. The molecule has 0 N–H and O–H groups in total. The summed E-state index contributed by atoms with van der Waals surface area (Å²) in [5.74, 6) is -2.86. The van der Waals surface area contributed by atoms with Crippen LogP contribution in [0.3, 0.4) is 0 Å². The molecule has 0 aliphatic carbocycles. The highest BCUT2D eigenvalue weighted by Crippen LogP contribution is 2.38. The predicted octanol–water partition coefficient (Wildman–Crippen LogP) is 3.16. The largest absolute Gasteiger partial charge is 0.447 e. The van der Waals surface area contributed by atoms with Gasteiger partial charge in [-0.2, -0.15) is 0 Å². The van der Waals surface area contributed by atoms with Gasteiger partial charge in [0.05, 0.1) is 12.5 Å². The van der Waals surface area contributed by atoms with E-state index < -0.39 is 29.6 Å². The van der Waals surface area contributed by atoms with Crippen molar-refractivity contribution in [1.29, 1.82) is 0 Å². The second-order valence-electron chi connectivity index (χ2n) is 6.72. The van der Waals surface area contributed by atoms with Crippen LogP contribution in [0, 0.1) is 17.6 Å². The third-order valence-corrected chi connectivity index (χ3v) is 5.15. The number of hydrogen-bond donors (Lipinski definition) is 0. The average molecular weight is 372 g/mol. The normalized spacial score (nSPS) is 22.2. The smallest absolute Gasteiger partial charge is 0.416 e. The SMILES string of the molecule is O=C1OCCN1C(=O)[C@H]1CN(c2ccccc2)C[C@@H]1c1ccc(F)cc1F. The fourth-order valence-corrected chi connectivity index (χ4v) is 3.81. The van der Waals surface area contributed by atoms with Crippen molar-refractivity contribution in [2.24, 2.45) is 5.92 Å². The van der Waals surface area contributed by atoms with Gasteiger partial charge in [0.2, 0.25) is 5.91 Å². The first kappa shape index (κ1) is 17.5. The molecule has 2 aromatic rings. The summed E-state index contributed by atoms with van der Waals surface area (Å²) in [6.45, 7) is 1.09. The second kappa shape index (κ2) is 6.98. The first-order chi connectivity index (χ1) is 13.0. The minimum absolute atomic E-state index is 0.162. The van der Waals surface area contributed by atoms with Gasteiger partial charge in [0.25, 0.3) is 0 Å². The van der Waals surface area contributed by atoms with Crippen molar-refractivity contribution in [3.05, 3.63) is 65.7 Å². The quantitative estimate of drug-likeness (QED) is 0.831. The van der Waals surface area contributed by atoms with Gasteiger partial charge in [-0.05, 0) is 23.8 Å². The molecule has 2 atom stereocenters. The number of para-hydroxylation sites is 1. The van der Waals surface area contributed by atoms with Gasteiger partial charge in [-0.1, -0.05) is 24.3 Å². The number of carbonyl (C=O) groups excluding carboxylic acids is 2. The van der Waals surface area contributed by atoms with E-state index in [0.717, 1.165) is 16.7 Å². The summed E-state index contributed by atoms with van der Waals surface area (Å²) >= 11 is 0. The Morgan fingerprint density at radius 2 is 1.85 bits per heavy atom.